The van der Waals surface area contributed by atoms with Gasteiger partial charge in [0.1, 0.15) is 36.4 Å². The second-order valence-corrected chi connectivity index (χ2v) is 16.6. The minimum atomic E-state index is -4.63. The molecular formula is C42H62FN6O6P. The summed E-state index contributed by atoms with van der Waals surface area (Å²) in [5.74, 6) is -0.236. The molecule has 0 amide bonds. The highest BCUT2D eigenvalue weighted by Gasteiger charge is 2.44. The monoisotopic (exact) mass is 796 g/mol. The second kappa shape index (κ2) is 24.4. The van der Waals surface area contributed by atoms with Gasteiger partial charge in [-0.15, -0.1) is 0 Å². The standard InChI is InChI=1S/C42H62FN6O6P/c1-2-3-4-5-6-7-8-9-10-11-12-13-14-15-16-17-18-19-20-37(52-29-35-25-34(28-44)26-36(43)27-35)30-53-56(50,51)54-32-42(31-45)24-23-40(55-42)38-21-22-39-41(46)47-33-48-49(38)39/h21-22,25-27,33,37,40H,2-20,23-24,29-30,32H2,1H3,(H,50,51)(H2,46,47,48)/t37-,40-,42-/m1/s1. The van der Waals surface area contributed by atoms with Gasteiger partial charge in [0.2, 0.25) is 0 Å². The molecule has 3 N–H and O–H groups in total. The number of halogens is 1. The van der Waals surface area contributed by atoms with Crippen LogP contribution in [0.1, 0.15) is 165 Å². The summed E-state index contributed by atoms with van der Waals surface area (Å²) in [7, 11) is -4.63. The van der Waals surface area contributed by atoms with E-state index in [9.17, 15) is 24.4 Å². The van der Waals surface area contributed by atoms with Crippen LogP contribution < -0.4 is 5.73 Å². The molecule has 1 unspecified atom stereocenters. The van der Waals surface area contributed by atoms with Crippen molar-refractivity contribution in [3.63, 3.8) is 0 Å². The molecule has 56 heavy (non-hydrogen) atoms. The van der Waals surface area contributed by atoms with Gasteiger partial charge >= 0.3 is 7.82 Å². The van der Waals surface area contributed by atoms with Crippen molar-refractivity contribution >= 4 is 19.2 Å². The van der Waals surface area contributed by atoms with Crippen molar-refractivity contribution in [3.05, 3.63) is 59.3 Å². The summed E-state index contributed by atoms with van der Waals surface area (Å²) in [6, 6.07) is 11.6. The van der Waals surface area contributed by atoms with E-state index < -0.39 is 38.1 Å². The highest BCUT2D eigenvalue weighted by Crippen LogP contribution is 2.47. The Morgan fingerprint density at radius 2 is 1.59 bits per heavy atom. The Morgan fingerprint density at radius 3 is 2.20 bits per heavy atom. The van der Waals surface area contributed by atoms with E-state index >= 15 is 0 Å². The summed E-state index contributed by atoms with van der Waals surface area (Å²) in [5, 5.41) is 23.5. The van der Waals surface area contributed by atoms with Crippen LogP contribution >= 0.6 is 7.82 Å². The fraction of sp³-hybridized carbons (Fsp3) is 0.667. The molecule has 0 saturated carbocycles. The van der Waals surface area contributed by atoms with Crippen molar-refractivity contribution in [1.82, 2.24) is 14.6 Å². The molecule has 1 saturated heterocycles. The van der Waals surface area contributed by atoms with Crippen molar-refractivity contribution in [2.24, 2.45) is 0 Å². The van der Waals surface area contributed by atoms with E-state index in [4.69, 9.17) is 24.3 Å². The van der Waals surface area contributed by atoms with Crippen LogP contribution in [-0.4, -0.2) is 44.4 Å². The lowest BCUT2D eigenvalue weighted by Crippen LogP contribution is -2.32. The van der Waals surface area contributed by atoms with Crippen LogP contribution in [0.5, 0.6) is 0 Å². The van der Waals surface area contributed by atoms with Crippen LogP contribution in [0.15, 0.2) is 36.7 Å². The third-order valence-corrected chi connectivity index (χ3v) is 11.5. The molecule has 0 spiro atoms. The van der Waals surface area contributed by atoms with E-state index in [2.05, 4.69) is 23.1 Å². The first-order chi connectivity index (χ1) is 27.2. The third kappa shape index (κ3) is 15.5. The fourth-order valence-electron chi connectivity index (χ4n) is 7.30. The van der Waals surface area contributed by atoms with Gasteiger partial charge in [0.25, 0.3) is 0 Å². The average molecular weight is 797 g/mol. The van der Waals surface area contributed by atoms with E-state index in [0.717, 1.165) is 31.7 Å². The number of nitriles is 2. The molecule has 3 heterocycles. The topological polar surface area (TPSA) is 178 Å². The predicted octanol–water partition coefficient (Wildman–Crippen LogP) is 10.6. The molecule has 0 aliphatic carbocycles. The normalized spacial score (nSPS) is 18.5. The fourth-order valence-corrected chi connectivity index (χ4v) is 8.10. The molecule has 1 fully saturated rings. The number of anilines is 1. The Bertz CT molecular complexity index is 1750. The first kappa shape index (κ1) is 45.3. The van der Waals surface area contributed by atoms with Crippen LogP contribution in [-0.2, 0) is 29.7 Å². The van der Waals surface area contributed by atoms with Crippen molar-refractivity contribution in [3.8, 4) is 12.1 Å². The molecule has 4 rings (SSSR count). The molecule has 1 aliphatic heterocycles. The molecule has 1 aliphatic rings. The van der Waals surface area contributed by atoms with Gasteiger partial charge in [-0.25, -0.2) is 18.5 Å². The molecule has 2 aromatic heterocycles. The number of ether oxygens (including phenoxy) is 2. The van der Waals surface area contributed by atoms with Gasteiger partial charge in [-0.1, -0.05) is 122 Å². The van der Waals surface area contributed by atoms with E-state index in [1.165, 1.54) is 102 Å². The lowest BCUT2D eigenvalue weighted by Gasteiger charge is -2.24. The number of phosphoric acid groups is 1. The molecule has 1 aromatic carbocycles. The van der Waals surface area contributed by atoms with Crippen molar-refractivity contribution in [1.29, 1.82) is 10.5 Å². The summed E-state index contributed by atoms with van der Waals surface area (Å²) in [6.45, 7) is 1.51. The summed E-state index contributed by atoms with van der Waals surface area (Å²) in [4.78, 5) is 14.6. The van der Waals surface area contributed by atoms with Crippen molar-refractivity contribution < 1.29 is 32.4 Å². The summed E-state index contributed by atoms with van der Waals surface area (Å²) in [5.41, 5.74) is 6.41. The van der Waals surface area contributed by atoms with Gasteiger partial charge in [-0.05, 0) is 55.2 Å². The van der Waals surface area contributed by atoms with Gasteiger partial charge in [-0.3, -0.25) is 9.05 Å². The Balaban J connectivity index is 1.17. The first-order valence-corrected chi connectivity index (χ1v) is 22.3. The largest absolute Gasteiger partial charge is 0.472 e. The number of nitrogens with two attached hydrogens (primary N) is 1. The van der Waals surface area contributed by atoms with Crippen molar-refractivity contribution in [2.45, 2.75) is 166 Å². The Labute approximate surface area is 332 Å². The van der Waals surface area contributed by atoms with E-state index in [1.54, 1.807) is 22.7 Å². The first-order valence-electron chi connectivity index (χ1n) is 20.8. The molecule has 14 heteroatoms. The zero-order valence-corrected chi connectivity index (χ0v) is 34.1. The summed E-state index contributed by atoms with van der Waals surface area (Å²) >= 11 is 0. The highest BCUT2D eigenvalue weighted by atomic mass is 31.2. The van der Waals surface area contributed by atoms with Crippen LogP contribution in [0.3, 0.4) is 0 Å². The highest BCUT2D eigenvalue weighted by molar-refractivity contribution is 7.47. The molecule has 12 nitrogen and oxygen atoms in total. The second-order valence-electron chi connectivity index (χ2n) is 15.2. The third-order valence-electron chi connectivity index (χ3n) is 10.6. The number of aromatic nitrogens is 3. The lowest BCUT2D eigenvalue weighted by molar-refractivity contribution is -0.0449. The maximum absolute atomic E-state index is 14.1. The maximum Gasteiger partial charge on any atom is 0.472 e. The van der Waals surface area contributed by atoms with E-state index in [1.807, 2.05) is 6.07 Å². The number of fused-ring (bicyclic) bond motifs is 1. The van der Waals surface area contributed by atoms with Gasteiger partial charge in [-0.2, -0.15) is 15.6 Å². The maximum atomic E-state index is 14.1. The predicted molar refractivity (Wildman–Crippen MR) is 214 cm³/mol. The van der Waals surface area contributed by atoms with Crippen LogP contribution in [0.25, 0.3) is 5.52 Å². The molecular weight excluding hydrogens is 734 g/mol. The minimum absolute atomic E-state index is 0.00609. The molecule has 3 aromatic rings. The van der Waals surface area contributed by atoms with Crippen molar-refractivity contribution in [2.75, 3.05) is 18.9 Å². The zero-order valence-electron chi connectivity index (χ0n) is 33.2. The van der Waals surface area contributed by atoms with E-state index in [0.29, 0.717) is 35.4 Å². The van der Waals surface area contributed by atoms with Gasteiger partial charge in [0.15, 0.2) is 11.4 Å². The number of nitrogen functional groups attached to an aromatic ring is 1. The quantitative estimate of drug-likeness (QED) is 0.0504. The molecule has 308 valence electrons. The summed E-state index contributed by atoms with van der Waals surface area (Å²) < 4.78 is 51.6. The zero-order chi connectivity index (χ0) is 40.1. The number of unbranched alkanes of at least 4 members (excludes halogenated alkanes) is 17. The number of hydrogen-bond donors (Lipinski definition) is 2. The smallest absolute Gasteiger partial charge is 0.382 e. The number of hydrogen-bond acceptors (Lipinski definition) is 10. The van der Waals surface area contributed by atoms with Crippen LogP contribution in [0, 0.1) is 28.5 Å². The SMILES string of the molecule is CCCCCCCCCCCCCCCCCCCC[C@H](COP(=O)(O)OC[C@]1(C#N)CC[C@H](c2ccc3c(N)ncnn23)O1)OCc1cc(F)cc(C#N)c1. The number of nitrogens with zero attached hydrogens (tertiary/aromatic N) is 5. The van der Waals surface area contributed by atoms with Crippen LogP contribution in [0.2, 0.25) is 0 Å². The Hall–Kier alpha value is -3.42. The van der Waals surface area contributed by atoms with Crippen LogP contribution in [0.4, 0.5) is 10.2 Å². The van der Waals surface area contributed by atoms with Gasteiger partial charge in [0.05, 0.1) is 36.6 Å². The number of benzene rings is 1. The Morgan fingerprint density at radius 1 is 0.964 bits per heavy atom. The molecule has 4 atom stereocenters. The molecule has 0 bridgehead atoms. The van der Waals surface area contributed by atoms with E-state index in [-0.39, 0.29) is 25.2 Å². The Kier molecular flexibility index (Phi) is 19.7. The minimum Gasteiger partial charge on any atom is -0.382 e. The molecule has 0 radical (unpaired) electrons. The lowest BCUT2D eigenvalue weighted by atomic mass is 10.0. The number of rotatable bonds is 29. The summed E-state index contributed by atoms with van der Waals surface area (Å²) in [6.07, 6.45) is 24.3. The average Bonchev–Trinajstić information content (AvgIpc) is 3.83. The number of phosphoric ester groups is 1. The van der Waals surface area contributed by atoms with Gasteiger partial charge < -0.3 is 20.1 Å². The van der Waals surface area contributed by atoms with Gasteiger partial charge in [0, 0.05) is 0 Å².